The van der Waals surface area contributed by atoms with Gasteiger partial charge in [-0.3, -0.25) is 14.3 Å². The Morgan fingerprint density at radius 2 is 1.84 bits per heavy atom. The minimum atomic E-state index is -4.82. The molecule has 200 valence electrons. The van der Waals surface area contributed by atoms with Crippen molar-refractivity contribution in [2.24, 2.45) is 7.05 Å². The van der Waals surface area contributed by atoms with E-state index < -0.39 is 23.1 Å². The molecule has 4 aromatic rings. The maximum Gasteiger partial charge on any atom is 0.431 e. The standard InChI is InChI=1S/C26H25F3N4O4S/c1-16-13-17(3-5-20(16)37-12-9-32-7-10-36-11-8-32)24-19-14-18(4-6-21(19)38-30-24)33-23(34)15-22(26(27,28)29)31(2)25(33)35/h3-6,13-15H,7-12H2,1-2H3. The van der Waals surface area contributed by atoms with Crippen LogP contribution < -0.4 is 16.0 Å². The topological polar surface area (TPSA) is 78.6 Å². The Morgan fingerprint density at radius 3 is 2.55 bits per heavy atom. The van der Waals surface area contributed by atoms with Gasteiger partial charge in [-0.15, -0.1) is 0 Å². The third kappa shape index (κ3) is 5.11. The molecule has 0 bridgehead atoms. The number of alkyl halides is 3. The van der Waals surface area contributed by atoms with Crippen LogP contribution in [0.2, 0.25) is 0 Å². The van der Waals surface area contributed by atoms with E-state index in [4.69, 9.17) is 9.47 Å². The highest BCUT2D eigenvalue weighted by atomic mass is 32.1. The van der Waals surface area contributed by atoms with Gasteiger partial charge in [0.15, 0.2) is 0 Å². The molecule has 0 saturated carbocycles. The summed E-state index contributed by atoms with van der Waals surface area (Å²) in [6.45, 7) is 6.57. The van der Waals surface area contributed by atoms with Crippen molar-refractivity contribution in [1.82, 2.24) is 18.4 Å². The molecule has 0 unspecified atom stereocenters. The van der Waals surface area contributed by atoms with Crippen molar-refractivity contribution in [1.29, 1.82) is 0 Å². The average Bonchev–Trinajstić information content (AvgIpc) is 3.31. The number of rotatable bonds is 6. The normalized spacial score (nSPS) is 14.8. The van der Waals surface area contributed by atoms with Crippen LogP contribution in [0.5, 0.6) is 5.75 Å². The minimum absolute atomic E-state index is 0.165. The molecule has 3 heterocycles. The summed E-state index contributed by atoms with van der Waals surface area (Å²) in [6.07, 6.45) is -4.82. The van der Waals surface area contributed by atoms with E-state index in [1.165, 1.54) is 17.6 Å². The molecule has 1 aliphatic heterocycles. The first-order valence-electron chi connectivity index (χ1n) is 12.0. The van der Waals surface area contributed by atoms with Crippen LogP contribution >= 0.6 is 11.5 Å². The molecule has 0 radical (unpaired) electrons. The summed E-state index contributed by atoms with van der Waals surface area (Å²) in [4.78, 5) is 27.6. The average molecular weight is 547 g/mol. The van der Waals surface area contributed by atoms with Crippen LogP contribution in [0.25, 0.3) is 27.0 Å². The van der Waals surface area contributed by atoms with Gasteiger partial charge in [-0.05, 0) is 60.4 Å². The minimum Gasteiger partial charge on any atom is -0.492 e. The van der Waals surface area contributed by atoms with Gasteiger partial charge in [0.25, 0.3) is 5.56 Å². The van der Waals surface area contributed by atoms with Gasteiger partial charge in [0, 0.05) is 43.7 Å². The summed E-state index contributed by atoms with van der Waals surface area (Å²) in [5, 5.41) is 0.682. The molecule has 5 rings (SSSR count). The number of hydrogen-bond acceptors (Lipinski definition) is 7. The Kier molecular flexibility index (Phi) is 7.12. The summed E-state index contributed by atoms with van der Waals surface area (Å²) in [7, 11) is 0.991. The molecule has 1 fully saturated rings. The van der Waals surface area contributed by atoms with Crippen molar-refractivity contribution >= 4 is 21.6 Å². The van der Waals surface area contributed by atoms with E-state index in [1.807, 2.05) is 25.1 Å². The number of halogens is 3. The number of ether oxygens (including phenoxy) is 2. The lowest BCUT2D eigenvalue weighted by Crippen LogP contribution is -2.40. The first kappa shape index (κ1) is 26.1. The SMILES string of the molecule is Cc1cc(-c2nsc3ccc(-n4c(=O)cc(C(F)(F)F)n(C)c4=O)cc23)ccc1OCCN1CCOCC1. The van der Waals surface area contributed by atoms with Crippen molar-refractivity contribution in [3.63, 3.8) is 0 Å². The van der Waals surface area contributed by atoms with Gasteiger partial charge in [0.05, 0.1) is 29.3 Å². The number of fused-ring (bicyclic) bond motifs is 1. The number of aryl methyl sites for hydroxylation is 1. The van der Waals surface area contributed by atoms with Gasteiger partial charge in [0.1, 0.15) is 18.1 Å². The monoisotopic (exact) mass is 546 g/mol. The van der Waals surface area contributed by atoms with Crippen molar-refractivity contribution in [2.75, 3.05) is 39.5 Å². The third-order valence-electron chi connectivity index (χ3n) is 6.54. The first-order valence-corrected chi connectivity index (χ1v) is 12.7. The second-order valence-corrected chi connectivity index (χ2v) is 9.84. The Hall–Kier alpha value is -3.48. The van der Waals surface area contributed by atoms with E-state index in [0.717, 1.165) is 66.0 Å². The van der Waals surface area contributed by atoms with E-state index in [2.05, 4.69) is 9.27 Å². The second kappa shape index (κ2) is 10.4. The van der Waals surface area contributed by atoms with Gasteiger partial charge >= 0.3 is 11.9 Å². The summed E-state index contributed by atoms with van der Waals surface area (Å²) in [6, 6.07) is 11.0. The zero-order valence-corrected chi connectivity index (χ0v) is 21.6. The highest BCUT2D eigenvalue weighted by Gasteiger charge is 2.35. The van der Waals surface area contributed by atoms with E-state index in [1.54, 1.807) is 12.1 Å². The zero-order valence-electron chi connectivity index (χ0n) is 20.7. The predicted octanol–water partition coefficient (Wildman–Crippen LogP) is 3.85. The third-order valence-corrected chi connectivity index (χ3v) is 7.37. The van der Waals surface area contributed by atoms with Crippen LogP contribution in [0, 0.1) is 6.92 Å². The van der Waals surface area contributed by atoms with Gasteiger partial charge in [-0.1, -0.05) is 0 Å². The largest absolute Gasteiger partial charge is 0.492 e. The van der Waals surface area contributed by atoms with E-state index >= 15 is 0 Å². The number of hydrogen-bond donors (Lipinski definition) is 0. The Morgan fingerprint density at radius 1 is 1.08 bits per heavy atom. The molecular formula is C26H25F3N4O4S. The summed E-state index contributed by atoms with van der Waals surface area (Å²) in [5.74, 6) is 0.766. The van der Waals surface area contributed by atoms with Crippen LogP contribution in [0.1, 0.15) is 11.3 Å². The lowest BCUT2D eigenvalue weighted by molar-refractivity contribution is -0.144. The highest BCUT2D eigenvalue weighted by molar-refractivity contribution is 7.13. The van der Waals surface area contributed by atoms with Gasteiger partial charge in [0.2, 0.25) is 0 Å². The van der Waals surface area contributed by atoms with Gasteiger partial charge in [-0.25, -0.2) is 9.36 Å². The molecule has 0 aliphatic carbocycles. The van der Waals surface area contributed by atoms with Crippen molar-refractivity contribution < 1.29 is 22.6 Å². The van der Waals surface area contributed by atoms with Crippen molar-refractivity contribution in [3.05, 3.63) is 74.6 Å². The quantitative estimate of drug-likeness (QED) is 0.366. The van der Waals surface area contributed by atoms with Gasteiger partial charge in [-0.2, -0.15) is 17.5 Å². The maximum atomic E-state index is 13.2. The molecule has 1 aliphatic rings. The number of benzene rings is 2. The Labute approximate surface area is 219 Å². The molecular weight excluding hydrogens is 521 g/mol. The van der Waals surface area contributed by atoms with Crippen LogP contribution in [-0.4, -0.2) is 57.9 Å². The number of morpholine rings is 1. The summed E-state index contributed by atoms with van der Waals surface area (Å²) < 4.78 is 57.6. The Balaban J connectivity index is 1.44. The molecule has 0 atom stereocenters. The van der Waals surface area contributed by atoms with Crippen LogP contribution in [0.3, 0.4) is 0 Å². The molecule has 0 spiro atoms. The molecule has 2 aromatic carbocycles. The lowest BCUT2D eigenvalue weighted by Gasteiger charge is -2.26. The number of nitrogens with zero attached hydrogens (tertiary/aromatic N) is 4. The predicted molar refractivity (Wildman–Crippen MR) is 138 cm³/mol. The smallest absolute Gasteiger partial charge is 0.431 e. The van der Waals surface area contributed by atoms with Crippen LogP contribution in [-0.2, 0) is 18.0 Å². The fourth-order valence-corrected chi connectivity index (χ4v) is 5.25. The summed E-state index contributed by atoms with van der Waals surface area (Å²) in [5.41, 5.74) is -0.883. The highest BCUT2D eigenvalue weighted by Crippen LogP contribution is 2.34. The van der Waals surface area contributed by atoms with E-state index in [9.17, 15) is 22.8 Å². The molecule has 1 saturated heterocycles. The van der Waals surface area contributed by atoms with E-state index in [-0.39, 0.29) is 5.69 Å². The van der Waals surface area contributed by atoms with Gasteiger partial charge < -0.3 is 9.47 Å². The molecule has 2 aromatic heterocycles. The maximum absolute atomic E-state index is 13.2. The summed E-state index contributed by atoms with van der Waals surface area (Å²) >= 11 is 1.25. The Bertz CT molecular complexity index is 1600. The van der Waals surface area contributed by atoms with Crippen molar-refractivity contribution in [2.45, 2.75) is 13.1 Å². The molecule has 8 nitrogen and oxygen atoms in total. The molecule has 0 N–H and O–H groups in total. The second-order valence-electron chi connectivity index (χ2n) is 9.04. The fraction of sp³-hybridized carbons (Fsp3) is 0.346. The number of aromatic nitrogens is 3. The van der Waals surface area contributed by atoms with Crippen molar-refractivity contribution in [3.8, 4) is 22.7 Å². The molecule has 0 amide bonds. The molecule has 12 heteroatoms. The molecule has 38 heavy (non-hydrogen) atoms. The fourth-order valence-electron chi connectivity index (χ4n) is 4.48. The van der Waals surface area contributed by atoms with Crippen LogP contribution in [0.15, 0.2) is 52.1 Å². The van der Waals surface area contributed by atoms with Crippen LogP contribution in [0.4, 0.5) is 13.2 Å². The first-order chi connectivity index (χ1) is 18.1. The lowest BCUT2D eigenvalue weighted by atomic mass is 10.0. The zero-order chi connectivity index (χ0) is 27.0. The van der Waals surface area contributed by atoms with E-state index in [0.29, 0.717) is 28.3 Å².